The Hall–Kier alpha value is -2.60. The summed E-state index contributed by atoms with van der Waals surface area (Å²) in [7, 11) is 3.35. The SMILES string of the molecule is CC(CC(O)c1ccco1)NC(=O)c1ccc(C(=O)N(C)C)cc1. The first kappa shape index (κ1) is 17.7. The molecule has 1 heterocycles. The van der Waals surface area contributed by atoms with Gasteiger partial charge in [-0.1, -0.05) is 0 Å². The zero-order chi connectivity index (χ0) is 17.7. The third-order valence-electron chi connectivity index (χ3n) is 3.63. The fourth-order valence-electron chi connectivity index (χ4n) is 2.32. The van der Waals surface area contributed by atoms with E-state index in [1.807, 2.05) is 6.92 Å². The fourth-order valence-corrected chi connectivity index (χ4v) is 2.32. The van der Waals surface area contributed by atoms with E-state index in [0.29, 0.717) is 23.3 Å². The van der Waals surface area contributed by atoms with Gasteiger partial charge in [-0.3, -0.25) is 9.59 Å². The van der Waals surface area contributed by atoms with Gasteiger partial charge in [-0.15, -0.1) is 0 Å². The monoisotopic (exact) mass is 330 g/mol. The van der Waals surface area contributed by atoms with Gasteiger partial charge in [-0.05, 0) is 43.3 Å². The minimum absolute atomic E-state index is 0.114. The first-order valence-corrected chi connectivity index (χ1v) is 7.72. The molecule has 0 aliphatic carbocycles. The van der Waals surface area contributed by atoms with E-state index < -0.39 is 6.10 Å². The number of furan rings is 1. The van der Waals surface area contributed by atoms with Crippen LogP contribution < -0.4 is 5.32 Å². The van der Waals surface area contributed by atoms with Gasteiger partial charge in [-0.25, -0.2) is 0 Å². The van der Waals surface area contributed by atoms with Gasteiger partial charge >= 0.3 is 0 Å². The Bertz CT molecular complexity index is 678. The average molecular weight is 330 g/mol. The van der Waals surface area contributed by atoms with Crippen molar-refractivity contribution in [2.75, 3.05) is 14.1 Å². The van der Waals surface area contributed by atoms with E-state index in [2.05, 4.69) is 5.32 Å². The Labute approximate surface area is 141 Å². The quantitative estimate of drug-likeness (QED) is 0.851. The van der Waals surface area contributed by atoms with Crippen molar-refractivity contribution in [3.8, 4) is 0 Å². The maximum absolute atomic E-state index is 12.2. The predicted molar refractivity (Wildman–Crippen MR) is 89.7 cm³/mol. The van der Waals surface area contributed by atoms with Gasteiger partial charge in [-0.2, -0.15) is 0 Å². The number of carbonyl (C=O) groups is 2. The molecule has 0 aliphatic rings. The lowest BCUT2D eigenvalue weighted by Crippen LogP contribution is -2.33. The molecule has 0 fully saturated rings. The van der Waals surface area contributed by atoms with Crippen molar-refractivity contribution in [3.63, 3.8) is 0 Å². The van der Waals surface area contributed by atoms with Crippen LogP contribution in [0.5, 0.6) is 0 Å². The van der Waals surface area contributed by atoms with Crippen LogP contribution in [0.3, 0.4) is 0 Å². The maximum Gasteiger partial charge on any atom is 0.253 e. The van der Waals surface area contributed by atoms with Crippen LogP contribution in [0, 0.1) is 0 Å². The Morgan fingerprint density at radius 1 is 1.17 bits per heavy atom. The van der Waals surface area contributed by atoms with E-state index in [0.717, 1.165) is 0 Å². The molecule has 0 radical (unpaired) electrons. The zero-order valence-corrected chi connectivity index (χ0v) is 14.0. The van der Waals surface area contributed by atoms with Crippen molar-refractivity contribution in [2.24, 2.45) is 0 Å². The summed E-state index contributed by atoms with van der Waals surface area (Å²) in [5.41, 5.74) is 0.988. The second kappa shape index (κ2) is 7.79. The van der Waals surface area contributed by atoms with Crippen LogP contribution in [0.1, 0.15) is 45.9 Å². The van der Waals surface area contributed by atoms with Gasteiger partial charge in [0.2, 0.25) is 0 Å². The number of nitrogens with zero attached hydrogens (tertiary/aromatic N) is 1. The standard InChI is InChI=1S/C18H22N2O4/c1-12(11-15(21)16-5-4-10-24-16)19-17(22)13-6-8-14(9-7-13)18(23)20(2)3/h4-10,12,15,21H,11H2,1-3H3,(H,19,22). The molecule has 2 amide bonds. The summed E-state index contributed by atoms with van der Waals surface area (Å²) in [5, 5.41) is 12.9. The van der Waals surface area contributed by atoms with E-state index in [1.54, 1.807) is 50.5 Å². The highest BCUT2D eigenvalue weighted by molar-refractivity contribution is 5.97. The van der Waals surface area contributed by atoms with E-state index in [-0.39, 0.29) is 17.9 Å². The van der Waals surface area contributed by atoms with Crippen molar-refractivity contribution in [1.82, 2.24) is 10.2 Å². The molecule has 0 saturated carbocycles. The van der Waals surface area contributed by atoms with Gasteiger partial charge in [0, 0.05) is 37.7 Å². The van der Waals surface area contributed by atoms with Gasteiger partial charge < -0.3 is 19.7 Å². The summed E-state index contributed by atoms with van der Waals surface area (Å²) in [6.45, 7) is 1.81. The third kappa shape index (κ3) is 4.45. The molecule has 6 heteroatoms. The molecule has 2 atom stereocenters. The molecule has 128 valence electrons. The summed E-state index contributed by atoms with van der Waals surface area (Å²) in [6, 6.07) is 9.64. The molecule has 2 N–H and O–H groups in total. The molecule has 2 aromatic rings. The molecule has 24 heavy (non-hydrogen) atoms. The molecule has 2 rings (SSSR count). The lowest BCUT2D eigenvalue weighted by atomic mass is 10.1. The van der Waals surface area contributed by atoms with Crippen molar-refractivity contribution in [2.45, 2.75) is 25.5 Å². The van der Waals surface area contributed by atoms with E-state index in [4.69, 9.17) is 4.42 Å². The van der Waals surface area contributed by atoms with Crippen LogP contribution >= 0.6 is 0 Å². The van der Waals surface area contributed by atoms with E-state index >= 15 is 0 Å². The van der Waals surface area contributed by atoms with E-state index in [1.165, 1.54) is 11.2 Å². The van der Waals surface area contributed by atoms with Crippen molar-refractivity contribution in [1.29, 1.82) is 0 Å². The first-order chi connectivity index (χ1) is 11.4. The van der Waals surface area contributed by atoms with Gasteiger partial charge in [0.05, 0.1) is 6.26 Å². The van der Waals surface area contributed by atoms with Crippen LogP contribution in [-0.4, -0.2) is 42.0 Å². The Morgan fingerprint density at radius 2 is 1.79 bits per heavy atom. The summed E-state index contributed by atoms with van der Waals surface area (Å²) in [4.78, 5) is 25.5. The van der Waals surface area contributed by atoms with Gasteiger partial charge in [0.1, 0.15) is 11.9 Å². The third-order valence-corrected chi connectivity index (χ3v) is 3.63. The van der Waals surface area contributed by atoms with Crippen LogP contribution in [0.25, 0.3) is 0 Å². The summed E-state index contributed by atoms with van der Waals surface area (Å²) >= 11 is 0. The lowest BCUT2D eigenvalue weighted by molar-refractivity contribution is 0.0825. The van der Waals surface area contributed by atoms with E-state index in [9.17, 15) is 14.7 Å². The molecule has 0 saturated heterocycles. The number of hydrogen-bond donors (Lipinski definition) is 2. The average Bonchev–Trinajstić information content (AvgIpc) is 3.08. The molecule has 1 aromatic heterocycles. The minimum atomic E-state index is -0.768. The highest BCUT2D eigenvalue weighted by atomic mass is 16.4. The van der Waals surface area contributed by atoms with Crippen LogP contribution in [-0.2, 0) is 0 Å². The number of amides is 2. The molecular formula is C18H22N2O4. The second-order valence-corrected chi connectivity index (χ2v) is 5.92. The van der Waals surface area contributed by atoms with Crippen LogP contribution in [0.2, 0.25) is 0 Å². The normalized spacial score (nSPS) is 13.2. The number of nitrogens with one attached hydrogen (secondary N) is 1. The van der Waals surface area contributed by atoms with Crippen LogP contribution in [0.4, 0.5) is 0 Å². The van der Waals surface area contributed by atoms with Crippen molar-refractivity contribution >= 4 is 11.8 Å². The number of benzene rings is 1. The minimum Gasteiger partial charge on any atom is -0.467 e. The molecule has 0 spiro atoms. The number of hydrogen-bond acceptors (Lipinski definition) is 4. The predicted octanol–water partition coefficient (Wildman–Crippen LogP) is 2.22. The van der Waals surface area contributed by atoms with Crippen molar-refractivity contribution in [3.05, 3.63) is 59.5 Å². The first-order valence-electron chi connectivity index (χ1n) is 7.72. The molecule has 2 unspecified atom stereocenters. The molecule has 0 aliphatic heterocycles. The summed E-state index contributed by atoms with van der Waals surface area (Å²) in [5.74, 6) is 0.109. The van der Waals surface area contributed by atoms with Crippen molar-refractivity contribution < 1.29 is 19.1 Å². The molecule has 0 bridgehead atoms. The van der Waals surface area contributed by atoms with Crippen LogP contribution in [0.15, 0.2) is 47.1 Å². The molecule has 1 aromatic carbocycles. The smallest absolute Gasteiger partial charge is 0.253 e. The highest BCUT2D eigenvalue weighted by Crippen LogP contribution is 2.18. The van der Waals surface area contributed by atoms with Gasteiger partial charge in [0.15, 0.2) is 0 Å². The highest BCUT2D eigenvalue weighted by Gasteiger charge is 2.17. The fraction of sp³-hybridized carbons (Fsp3) is 0.333. The number of aliphatic hydroxyl groups is 1. The number of carbonyl (C=O) groups excluding carboxylic acids is 2. The zero-order valence-electron chi connectivity index (χ0n) is 14.0. The largest absolute Gasteiger partial charge is 0.467 e. The second-order valence-electron chi connectivity index (χ2n) is 5.92. The number of rotatable bonds is 6. The number of aliphatic hydroxyl groups excluding tert-OH is 1. The maximum atomic E-state index is 12.2. The Morgan fingerprint density at radius 3 is 2.33 bits per heavy atom. The lowest BCUT2D eigenvalue weighted by Gasteiger charge is -2.17. The molecular weight excluding hydrogens is 308 g/mol. The Kier molecular flexibility index (Phi) is 5.76. The summed E-state index contributed by atoms with van der Waals surface area (Å²) < 4.78 is 5.14. The Balaban J connectivity index is 1.93. The molecule has 6 nitrogen and oxygen atoms in total. The topological polar surface area (TPSA) is 82.8 Å². The summed E-state index contributed by atoms with van der Waals surface area (Å²) in [6.07, 6.45) is 1.07. The van der Waals surface area contributed by atoms with Gasteiger partial charge in [0.25, 0.3) is 11.8 Å².